The van der Waals surface area contributed by atoms with Crippen molar-refractivity contribution in [2.75, 3.05) is 0 Å². The molecule has 0 bridgehead atoms. The van der Waals surface area contributed by atoms with Gasteiger partial charge in [0.05, 0.1) is 11.1 Å². The minimum atomic E-state index is -0.528. The van der Waals surface area contributed by atoms with E-state index in [0.717, 1.165) is 0 Å². The molecule has 1 heterocycles. The summed E-state index contributed by atoms with van der Waals surface area (Å²) in [5.41, 5.74) is 0.828. The smallest absolute Gasteiger partial charge is 0.312 e. The number of aromatic nitrogens is 3. The van der Waals surface area contributed by atoms with Crippen LogP contribution in [0.5, 0.6) is 5.75 Å². The lowest BCUT2D eigenvalue weighted by Crippen LogP contribution is -2.03. The highest BCUT2D eigenvalue weighted by Crippen LogP contribution is 2.35. The van der Waals surface area contributed by atoms with Crippen molar-refractivity contribution in [3.63, 3.8) is 0 Å². The number of halogens is 3. The average molecular weight is 471 g/mol. The van der Waals surface area contributed by atoms with Crippen LogP contribution in [0.1, 0.15) is 11.1 Å². The predicted molar refractivity (Wildman–Crippen MR) is 105 cm³/mol. The fraction of sp³-hybridized carbons (Fsp3) is 0.0625. The van der Waals surface area contributed by atoms with E-state index in [1.807, 2.05) is 0 Å². The maximum atomic E-state index is 11.5. The Morgan fingerprint density at radius 1 is 1.26 bits per heavy atom. The largest absolute Gasteiger partial charge is 0.481 e. The van der Waals surface area contributed by atoms with Crippen molar-refractivity contribution in [1.29, 1.82) is 0 Å². The second-order valence-electron chi connectivity index (χ2n) is 5.21. The van der Waals surface area contributed by atoms with Gasteiger partial charge in [-0.05, 0) is 18.2 Å². The second-order valence-corrected chi connectivity index (χ2v) is 6.97. The molecule has 3 rings (SSSR count). The first-order chi connectivity index (χ1) is 12.9. The topological polar surface area (TPSA) is 95.4 Å². The van der Waals surface area contributed by atoms with Crippen molar-refractivity contribution < 1.29 is 9.66 Å². The van der Waals surface area contributed by atoms with Crippen molar-refractivity contribution in [3.05, 3.63) is 78.7 Å². The van der Waals surface area contributed by atoms with E-state index >= 15 is 0 Å². The molecule has 0 aliphatic heterocycles. The van der Waals surface area contributed by atoms with E-state index in [2.05, 4.69) is 31.2 Å². The highest BCUT2D eigenvalue weighted by Gasteiger charge is 2.21. The number of nitro groups is 1. The highest BCUT2D eigenvalue weighted by molar-refractivity contribution is 9.10. The summed E-state index contributed by atoms with van der Waals surface area (Å²) >= 11 is 15.3. The van der Waals surface area contributed by atoms with Crippen LogP contribution in [0.3, 0.4) is 0 Å². The minimum Gasteiger partial charge on any atom is -0.481 e. The number of hydrogen-bond acceptors (Lipinski definition) is 6. The fourth-order valence-corrected chi connectivity index (χ4v) is 3.09. The lowest BCUT2D eigenvalue weighted by atomic mass is 10.2. The fourth-order valence-electron chi connectivity index (χ4n) is 2.16. The number of ether oxygens (including phenoxy) is 1. The molecule has 0 spiro atoms. The monoisotopic (exact) mass is 469 g/mol. The van der Waals surface area contributed by atoms with Crippen LogP contribution in [0.25, 0.3) is 0 Å². The molecule has 27 heavy (non-hydrogen) atoms. The molecule has 11 heteroatoms. The number of rotatable bonds is 6. The molecule has 0 radical (unpaired) electrons. The molecule has 138 valence electrons. The SMILES string of the molecule is O=[N+]([O-])c1cc(Br)cc(/C=N/n2cnnc2)c1OCc1ccc(Cl)cc1Cl. The first-order valence-corrected chi connectivity index (χ1v) is 8.92. The van der Waals surface area contributed by atoms with Gasteiger partial charge in [0.25, 0.3) is 0 Å². The summed E-state index contributed by atoms with van der Waals surface area (Å²) in [5, 5.41) is 23.8. The molecule has 0 N–H and O–H groups in total. The third-order valence-corrected chi connectivity index (χ3v) is 4.43. The van der Waals surface area contributed by atoms with Crippen LogP contribution < -0.4 is 4.74 Å². The van der Waals surface area contributed by atoms with E-state index in [0.29, 0.717) is 25.6 Å². The Morgan fingerprint density at radius 3 is 2.67 bits per heavy atom. The summed E-state index contributed by atoms with van der Waals surface area (Å²) in [6.45, 7) is 0.0198. The Hall–Kier alpha value is -2.49. The molecule has 0 aliphatic rings. The molecule has 0 unspecified atom stereocenters. The van der Waals surface area contributed by atoms with Crippen LogP contribution in [0, 0.1) is 10.1 Å². The zero-order chi connectivity index (χ0) is 19.4. The maximum Gasteiger partial charge on any atom is 0.312 e. The summed E-state index contributed by atoms with van der Waals surface area (Å²) in [6.07, 6.45) is 4.19. The van der Waals surface area contributed by atoms with E-state index in [9.17, 15) is 10.1 Å². The Kier molecular flexibility index (Phi) is 6.04. The Bertz CT molecular complexity index is 1010. The van der Waals surface area contributed by atoms with Gasteiger partial charge in [-0.1, -0.05) is 45.2 Å². The summed E-state index contributed by atoms with van der Waals surface area (Å²) in [5.74, 6) is 0.0611. The third-order valence-electron chi connectivity index (χ3n) is 3.38. The normalized spacial score (nSPS) is 11.1. The van der Waals surface area contributed by atoms with E-state index in [-0.39, 0.29) is 18.0 Å². The van der Waals surface area contributed by atoms with Gasteiger partial charge in [-0.15, -0.1) is 10.2 Å². The predicted octanol–water partition coefficient (Wildman–Crippen LogP) is 4.72. The highest BCUT2D eigenvalue weighted by atomic mass is 79.9. The summed E-state index contributed by atoms with van der Waals surface area (Å²) in [7, 11) is 0. The van der Waals surface area contributed by atoms with Gasteiger partial charge in [0.15, 0.2) is 0 Å². The first-order valence-electron chi connectivity index (χ1n) is 7.37. The van der Waals surface area contributed by atoms with E-state index in [1.165, 1.54) is 29.6 Å². The molecule has 0 saturated heterocycles. The molecule has 2 aromatic carbocycles. The van der Waals surface area contributed by atoms with E-state index in [1.54, 1.807) is 24.3 Å². The Morgan fingerprint density at radius 2 is 2.00 bits per heavy atom. The molecule has 0 atom stereocenters. The standard InChI is InChI=1S/C16H10BrCl2N5O3/c17-12-3-11(6-22-23-8-20-21-9-23)16(15(4-12)24(25)26)27-7-10-1-2-13(18)5-14(10)19/h1-6,8-9H,7H2/b22-6+. The van der Waals surface area contributed by atoms with Crippen molar-refractivity contribution in [1.82, 2.24) is 14.9 Å². The van der Waals surface area contributed by atoms with Gasteiger partial charge in [-0.25, -0.2) is 4.68 Å². The zero-order valence-corrected chi connectivity index (χ0v) is 16.5. The lowest BCUT2D eigenvalue weighted by molar-refractivity contribution is -0.386. The molecule has 8 nitrogen and oxygen atoms in total. The van der Waals surface area contributed by atoms with Crippen molar-refractivity contribution in [3.8, 4) is 5.75 Å². The van der Waals surface area contributed by atoms with Crippen molar-refractivity contribution >= 4 is 51.0 Å². The van der Waals surface area contributed by atoms with Gasteiger partial charge in [0.2, 0.25) is 5.75 Å². The number of nitrogens with zero attached hydrogens (tertiary/aromatic N) is 5. The van der Waals surface area contributed by atoms with Crippen LogP contribution in [0.4, 0.5) is 5.69 Å². The zero-order valence-electron chi connectivity index (χ0n) is 13.4. The molecular formula is C16H10BrCl2N5O3. The number of nitro benzene ring substituents is 1. The molecule has 0 saturated carbocycles. The van der Waals surface area contributed by atoms with Gasteiger partial charge in [0, 0.05) is 31.7 Å². The summed E-state index contributed by atoms with van der Waals surface area (Å²) < 4.78 is 7.60. The molecule has 3 aromatic rings. The van der Waals surface area contributed by atoms with Gasteiger partial charge in [-0.3, -0.25) is 10.1 Å². The number of hydrogen-bond donors (Lipinski definition) is 0. The number of benzene rings is 2. The summed E-state index contributed by atoms with van der Waals surface area (Å²) in [6, 6.07) is 7.94. The molecule has 0 amide bonds. The average Bonchev–Trinajstić information content (AvgIpc) is 3.13. The molecule has 0 fully saturated rings. The molecule has 1 aromatic heterocycles. The van der Waals surface area contributed by atoms with Gasteiger partial charge < -0.3 is 4.74 Å². The van der Waals surface area contributed by atoms with Crippen molar-refractivity contribution in [2.45, 2.75) is 6.61 Å². The van der Waals surface area contributed by atoms with E-state index < -0.39 is 4.92 Å². The first kappa shape index (κ1) is 19.3. The Balaban J connectivity index is 1.96. The van der Waals surface area contributed by atoms with Gasteiger partial charge >= 0.3 is 5.69 Å². The third kappa shape index (κ3) is 4.82. The van der Waals surface area contributed by atoms with E-state index in [4.69, 9.17) is 27.9 Å². The van der Waals surface area contributed by atoms with Crippen LogP contribution in [0.2, 0.25) is 10.0 Å². The molecular weight excluding hydrogens is 461 g/mol. The molecule has 0 aliphatic carbocycles. The van der Waals surface area contributed by atoms with Crippen LogP contribution in [-0.2, 0) is 6.61 Å². The van der Waals surface area contributed by atoms with Crippen LogP contribution >= 0.6 is 39.1 Å². The van der Waals surface area contributed by atoms with Crippen LogP contribution in [-0.4, -0.2) is 26.0 Å². The summed E-state index contributed by atoms with van der Waals surface area (Å²) in [4.78, 5) is 10.9. The van der Waals surface area contributed by atoms with Gasteiger partial charge in [-0.2, -0.15) is 5.10 Å². The lowest BCUT2D eigenvalue weighted by Gasteiger charge is -2.11. The van der Waals surface area contributed by atoms with Crippen LogP contribution in [0.15, 0.2) is 52.6 Å². The van der Waals surface area contributed by atoms with Crippen molar-refractivity contribution in [2.24, 2.45) is 5.10 Å². The van der Waals surface area contributed by atoms with Gasteiger partial charge in [0.1, 0.15) is 19.3 Å². The second kappa shape index (κ2) is 8.47. The quantitative estimate of drug-likeness (QED) is 0.295. The maximum absolute atomic E-state index is 11.5. The minimum absolute atomic E-state index is 0.0198. The Labute approximate surface area is 171 Å².